The standard InChI is InChI=1S/C25H26ClFN4O5/c1-3-18(34)29-7-8-30-14(10-29)12-36-23-20(25(30)35)24(31-11-15(32)9-13(31)2)28-22(21(23)26)19-16(27)5-4-6-17(19)33/h3-6,13-15,32-33H,1,7-12H2,2H3/t13-,14+,15-/m0/s1. The number of pyridine rings is 1. The van der Waals surface area contributed by atoms with Crippen LogP contribution in [0.5, 0.6) is 11.5 Å². The minimum absolute atomic E-state index is 0.0360. The third-order valence-electron chi connectivity index (χ3n) is 6.99. The maximum Gasteiger partial charge on any atom is 0.261 e. The van der Waals surface area contributed by atoms with Crippen molar-refractivity contribution in [3.8, 4) is 22.8 Å². The monoisotopic (exact) mass is 516 g/mol. The van der Waals surface area contributed by atoms with Crippen molar-refractivity contribution in [3.63, 3.8) is 0 Å². The van der Waals surface area contributed by atoms with Gasteiger partial charge in [-0.15, -0.1) is 0 Å². The van der Waals surface area contributed by atoms with Gasteiger partial charge in [0.25, 0.3) is 5.91 Å². The fourth-order valence-corrected chi connectivity index (χ4v) is 5.48. The smallest absolute Gasteiger partial charge is 0.261 e. The Morgan fingerprint density at radius 1 is 1.28 bits per heavy atom. The molecule has 0 unspecified atom stereocenters. The van der Waals surface area contributed by atoms with Gasteiger partial charge in [0.2, 0.25) is 5.91 Å². The fourth-order valence-electron chi connectivity index (χ4n) is 5.19. The number of anilines is 1. The zero-order valence-electron chi connectivity index (χ0n) is 19.7. The highest BCUT2D eigenvalue weighted by Gasteiger charge is 2.42. The average Bonchev–Trinajstić information content (AvgIpc) is 3.11. The Morgan fingerprint density at radius 3 is 2.72 bits per heavy atom. The Morgan fingerprint density at radius 2 is 2.06 bits per heavy atom. The number of phenols is 1. The number of hydrogen-bond acceptors (Lipinski definition) is 7. The molecule has 2 N–H and O–H groups in total. The SMILES string of the molecule is C=CC(=O)N1CCN2C(=O)c3c(N4C[C@@H](O)C[C@@H]4C)nc(-c4c(O)cccc4F)c(Cl)c3OC[C@H]2C1. The number of carbonyl (C=O) groups excluding carboxylic acids is 2. The van der Waals surface area contributed by atoms with Crippen molar-refractivity contribution in [2.45, 2.75) is 31.5 Å². The van der Waals surface area contributed by atoms with Gasteiger partial charge < -0.3 is 29.6 Å². The molecule has 2 fully saturated rings. The number of carbonyl (C=O) groups is 2. The second kappa shape index (κ2) is 9.25. The number of aliphatic hydroxyl groups is 1. The maximum atomic E-state index is 14.9. The van der Waals surface area contributed by atoms with Crippen LogP contribution in [0.2, 0.25) is 5.02 Å². The third kappa shape index (κ3) is 3.94. The van der Waals surface area contributed by atoms with Gasteiger partial charge >= 0.3 is 0 Å². The van der Waals surface area contributed by atoms with Gasteiger partial charge in [-0.25, -0.2) is 9.37 Å². The average molecular weight is 517 g/mol. The van der Waals surface area contributed by atoms with Crippen molar-refractivity contribution in [1.29, 1.82) is 0 Å². The Bertz CT molecular complexity index is 1240. The van der Waals surface area contributed by atoms with Gasteiger partial charge in [-0.1, -0.05) is 24.2 Å². The molecule has 1 aromatic heterocycles. The predicted molar refractivity (Wildman–Crippen MR) is 131 cm³/mol. The van der Waals surface area contributed by atoms with E-state index in [1.165, 1.54) is 24.3 Å². The fraction of sp³-hybridized carbons (Fsp3) is 0.400. The van der Waals surface area contributed by atoms with Gasteiger partial charge in [0.05, 0.1) is 17.7 Å². The van der Waals surface area contributed by atoms with Crippen molar-refractivity contribution in [2.24, 2.45) is 0 Å². The number of hydrogen-bond donors (Lipinski definition) is 2. The first-order valence-corrected chi connectivity index (χ1v) is 12.1. The van der Waals surface area contributed by atoms with Gasteiger partial charge in [-0.2, -0.15) is 0 Å². The highest BCUT2D eigenvalue weighted by Crippen LogP contribution is 2.46. The van der Waals surface area contributed by atoms with Crippen LogP contribution in [0.1, 0.15) is 23.7 Å². The zero-order chi connectivity index (χ0) is 25.7. The van der Waals surface area contributed by atoms with Crippen LogP contribution in [0.25, 0.3) is 11.3 Å². The molecule has 11 heteroatoms. The van der Waals surface area contributed by atoms with Crippen LogP contribution in [0.15, 0.2) is 30.9 Å². The molecule has 4 heterocycles. The summed E-state index contributed by atoms with van der Waals surface area (Å²) in [4.78, 5) is 35.7. The highest BCUT2D eigenvalue weighted by molar-refractivity contribution is 6.35. The second-order valence-electron chi connectivity index (χ2n) is 9.28. The summed E-state index contributed by atoms with van der Waals surface area (Å²) < 4.78 is 21.0. The lowest BCUT2D eigenvalue weighted by Crippen LogP contribution is -2.57. The third-order valence-corrected chi connectivity index (χ3v) is 7.34. The summed E-state index contributed by atoms with van der Waals surface area (Å²) >= 11 is 6.70. The summed E-state index contributed by atoms with van der Waals surface area (Å²) in [5.41, 5.74) is -0.156. The number of aliphatic hydroxyl groups excluding tert-OH is 1. The van der Waals surface area contributed by atoms with E-state index in [4.69, 9.17) is 16.3 Å². The van der Waals surface area contributed by atoms with Crippen LogP contribution in [0, 0.1) is 5.82 Å². The summed E-state index contributed by atoms with van der Waals surface area (Å²) in [5, 5.41) is 20.7. The van der Waals surface area contributed by atoms with E-state index in [9.17, 15) is 24.2 Å². The summed E-state index contributed by atoms with van der Waals surface area (Å²) in [5.74, 6) is -1.47. The van der Waals surface area contributed by atoms with Crippen molar-refractivity contribution in [1.82, 2.24) is 14.8 Å². The van der Waals surface area contributed by atoms with Crippen LogP contribution in [0.4, 0.5) is 10.2 Å². The Hall–Kier alpha value is -3.37. The molecule has 0 saturated carbocycles. The van der Waals surface area contributed by atoms with E-state index in [0.717, 1.165) is 0 Å². The molecule has 2 amide bonds. The molecule has 190 valence electrons. The number of ether oxygens (including phenoxy) is 1. The molecule has 3 atom stereocenters. The molecule has 2 aromatic rings. The summed E-state index contributed by atoms with van der Waals surface area (Å²) in [6, 6.07) is 3.24. The first-order chi connectivity index (χ1) is 17.2. The summed E-state index contributed by atoms with van der Waals surface area (Å²) in [6.45, 7) is 6.54. The van der Waals surface area contributed by atoms with E-state index in [2.05, 4.69) is 11.6 Å². The van der Waals surface area contributed by atoms with Crippen LogP contribution >= 0.6 is 11.6 Å². The van der Waals surface area contributed by atoms with Crippen molar-refractivity contribution in [2.75, 3.05) is 37.7 Å². The molecule has 1 aromatic carbocycles. The molecule has 2 saturated heterocycles. The lowest BCUT2D eigenvalue weighted by molar-refractivity contribution is -0.128. The predicted octanol–water partition coefficient (Wildman–Crippen LogP) is 2.44. The highest BCUT2D eigenvalue weighted by atomic mass is 35.5. The molecule has 0 spiro atoms. The number of halogens is 2. The van der Waals surface area contributed by atoms with E-state index >= 15 is 0 Å². The van der Waals surface area contributed by atoms with E-state index in [0.29, 0.717) is 13.0 Å². The van der Waals surface area contributed by atoms with Crippen molar-refractivity contribution < 1.29 is 28.9 Å². The van der Waals surface area contributed by atoms with Crippen LogP contribution < -0.4 is 9.64 Å². The van der Waals surface area contributed by atoms with Gasteiger partial charge in [-0.3, -0.25) is 9.59 Å². The lowest BCUT2D eigenvalue weighted by Gasteiger charge is -2.39. The van der Waals surface area contributed by atoms with Gasteiger partial charge in [0.1, 0.15) is 40.3 Å². The minimum Gasteiger partial charge on any atom is -0.507 e. The number of aromatic nitrogens is 1. The number of rotatable bonds is 3. The van der Waals surface area contributed by atoms with Crippen molar-refractivity contribution in [3.05, 3.63) is 47.3 Å². The maximum absolute atomic E-state index is 14.9. The Labute approximate surface area is 212 Å². The largest absolute Gasteiger partial charge is 0.507 e. The van der Waals surface area contributed by atoms with E-state index in [-0.39, 0.29) is 83.3 Å². The first-order valence-electron chi connectivity index (χ1n) is 11.7. The van der Waals surface area contributed by atoms with Crippen LogP contribution in [-0.4, -0.2) is 87.8 Å². The number of β-amino-alcohol motifs (C(OH)–C–C–N with tert-alkyl or cyclic N) is 1. The number of fused-ring (bicyclic) bond motifs is 2. The number of nitrogens with zero attached hydrogens (tertiary/aromatic N) is 4. The van der Waals surface area contributed by atoms with E-state index in [1.807, 2.05) is 6.92 Å². The Kier molecular flexibility index (Phi) is 6.25. The summed E-state index contributed by atoms with van der Waals surface area (Å²) in [6.07, 6.45) is 1.05. The number of piperazine rings is 1. The van der Waals surface area contributed by atoms with Gasteiger partial charge in [0.15, 0.2) is 5.75 Å². The molecule has 0 bridgehead atoms. The molecule has 0 aliphatic carbocycles. The molecular weight excluding hydrogens is 491 g/mol. The molecule has 36 heavy (non-hydrogen) atoms. The molecular formula is C25H26ClFN4O5. The zero-order valence-corrected chi connectivity index (χ0v) is 20.4. The van der Waals surface area contributed by atoms with Crippen LogP contribution in [0.3, 0.4) is 0 Å². The number of amides is 2. The number of aromatic hydroxyl groups is 1. The second-order valence-corrected chi connectivity index (χ2v) is 9.66. The van der Waals surface area contributed by atoms with E-state index < -0.39 is 18.0 Å². The molecule has 3 aliphatic rings. The van der Waals surface area contributed by atoms with Crippen molar-refractivity contribution >= 4 is 29.2 Å². The lowest BCUT2D eigenvalue weighted by atomic mass is 10.0. The molecule has 3 aliphatic heterocycles. The molecule has 9 nitrogen and oxygen atoms in total. The minimum atomic E-state index is -0.735. The topological polar surface area (TPSA) is 106 Å². The van der Waals surface area contributed by atoms with Gasteiger partial charge in [0, 0.05) is 32.2 Å². The van der Waals surface area contributed by atoms with E-state index in [1.54, 1.807) is 14.7 Å². The van der Waals surface area contributed by atoms with Crippen LogP contribution in [-0.2, 0) is 4.79 Å². The number of benzene rings is 1. The first kappa shape index (κ1) is 24.3. The van der Waals surface area contributed by atoms with Gasteiger partial charge in [-0.05, 0) is 31.6 Å². The number of phenolic OH excluding ortho intramolecular Hbond substituents is 1. The Balaban J connectivity index is 1.67. The normalized spacial score (nSPS) is 23.6. The quantitative estimate of drug-likeness (QED) is 0.603. The summed E-state index contributed by atoms with van der Waals surface area (Å²) in [7, 11) is 0. The molecule has 0 radical (unpaired) electrons. The molecule has 5 rings (SSSR count).